The van der Waals surface area contributed by atoms with Crippen molar-refractivity contribution in [2.24, 2.45) is 0 Å². The van der Waals surface area contributed by atoms with Crippen LogP contribution < -0.4 is 4.90 Å². The van der Waals surface area contributed by atoms with E-state index >= 15 is 0 Å². The first kappa shape index (κ1) is 24.3. The fraction of sp³-hybridized carbons (Fsp3) is 0.154. The van der Waals surface area contributed by atoms with Crippen LogP contribution in [0, 0.1) is 10.1 Å². The smallest absolute Gasteiger partial charge is 0.338 e. The van der Waals surface area contributed by atoms with Gasteiger partial charge in [-0.2, -0.15) is 0 Å². The third-order valence-corrected chi connectivity index (χ3v) is 5.50. The molecule has 10 heteroatoms. The molecular weight excluding hydrogens is 466 g/mol. The van der Waals surface area contributed by atoms with Gasteiger partial charge in [0.05, 0.1) is 28.2 Å². The van der Waals surface area contributed by atoms with Gasteiger partial charge in [0.1, 0.15) is 5.76 Å². The number of anilines is 1. The predicted molar refractivity (Wildman–Crippen MR) is 129 cm³/mol. The predicted octanol–water partition coefficient (Wildman–Crippen LogP) is 4.18. The topological polar surface area (TPSA) is 140 Å². The maximum atomic E-state index is 13.3. The number of carbonyl (C=O) groups is 3. The number of carbonyl (C=O) groups excluding carboxylic acids is 3. The summed E-state index contributed by atoms with van der Waals surface area (Å²) in [7, 11) is 0. The fourth-order valence-corrected chi connectivity index (χ4v) is 3.95. The van der Waals surface area contributed by atoms with Crippen molar-refractivity contribution in [3.05, 3.63) is 105 Å². The van der Waals surface area contributed by atoms with Crippen molar-refractivity contribution in [3.8, 4) is 0 Å². The summed E-state index contributed by atoms with van der Waals surface area (Å²) < 4.78 is 5.24. The zero-order valence-electron chi connectivity index (χ0n) is 19.3. The monoisotopic (exact) mass is 487 g/mol. The molecule has 4 rings (SSSR count). The number of amides is 1. The van der Waals surface area contributed by atoms with Gasteiger partial charge in [0.25, 0.3) is 17.4 Å². The Morgan fingerprint density at radius 3 is 2.39 bits per heavy atom. The van der Waals surface area contributed by atoms with E-state index in [1.807, 2.05) is 0 Å². The zero-order valence-corrected chi connectivity index (χ0v) is 19.3. The number of rotatable bonds is 6. The lowest BCUT2D eigenvalue weighted by Gasteiger charge is -2.25. The minimum atomic E-state index is -1.08. The molecule has 1 N–H and O–H groups in total. The van der Waals surface area contributed by atoms with E-state index in [4.69, 9.17) is 4.74 Å². The third-order valence-electron chi connectivity index (χ3n) is 5.50. The average Bonchev–Trinajstić information content (AvgIpc) is 3.14. The van der Waals surface area contributed by atoms with E-state index in [0.29, 0.717) is 5.56 Å². The molecule has 0 saturated carbocycles. The molecule has 3 aromatic rings. The SMILES string of the molecule is CC(C)OC(=O)c1cccc(N2C(=O)C(=O)/C(=C(\O)c3cccc([N+](=O)[O-])c3)C2c2ccncc2)c1. The van der Waals surface area contributed by atoms with Gasteiger partial charge in [0.15, 0.2) is 0 Å². The highest BCUT2D eigenvalue weighted by atomic mass is 16.6. The van der Waals surface area contributed by atoms with Crippen LogP contribution in [0.1, 0.15) is 41.4 Å². The van der Waals surface area contributed by atoms with Gasteiger partial charge >= 0.3 is 5.97 Å². The number of ether oxygens (including phenoxy) is 1. The number of hydrogen-bond donors (Lipinski definition) is 1. The Kier molecular flexibility index (Phi) is 6.60. The first-order chi connectivity index (χ1) is 17.2. The highest BCUT2D eigenvalue weighted by Crippen LogP contribution is 2.42. The van der Waals surface area contributed by atoms with E-state index in [2.05, 4.69) is 4.98 Å². The molecule has 182 valence electrons. The number of esters is 1. The number of nitrogens with zero attached hydrogens (tertiary/aromatic N) is 3. The number of aliphatic hydroxyl groups excluding tert-OH is 1. The summed E-state index contributed by atoms with van der Waals surface area (Å²) in [4.78, 5) is 54.7. The molecule has 10 nitrogen and oxygen atoms in total. The molecule has 1 amide bonds. The first-order valence-corrected chi connectivity index (χ1v) is 11.0. The normalized spacial score (nSPS) is 16.9. The molecular formula is C26H21N3O7. The Hall–Kier alpha value is -4.86. The molecule has 1 aromatic heterocycles. The highest BCUT2D eigenvalue weighted by molar-refractivity contribution is 6.51. The Morgan fingerprint density at radius 1 is 1.06 bits per heavy atom. The maximum absolute atomic E-state index is 13.3. The number of ketones is 1. The average molecular weight is 487 g/mol. The van der Waals surface area contributed by atoms with Crippen molar-refractivity contribution in [2.45, 2.75) is 26.0 Å². The van der Waals surface area contributed by atoms with Gasteiger partial charge in [-0.15, -0.1) is 0 Å². The molecule has 1 saturated heterocycles. The lowest BCUT2D eigenvalue weighted by Crippen LogP contribution is -2.29. The summed E-state index contributed by atoms with van der Waals surface area (Å²) in [6.07, 6.45) is 2.58. The van der Waals surface area contributed by atoms with Crippen LogP contribution in [0.5, 0.6) is 0 Å². The molecule has 0 bridgehead atoms. The second-order valence-corrected chi connectivity index (χ2v) is 8.26. The minimum Gasteiger partial charge on any atom is -0.507 e. The van der Waals surface area contributed by atoms with Gasteiger partial charge in [-0.05, 0) is 49.7 Å². The summed E-state index contributed by atoms with van der Waals surface area (Å²) in [5, 5.41) is 22.3. The van der Waals surface area contributed by atoms with Crippen LogP contribution in [-0.2, 0) is 14.3 Å². The van der Waals surface area contributed by atoms with Crippen LogP contribution in [0.25, 0.3) is 5.76 Å². The molecule has 0 radical (unpaired) electrons. The van der Waals surface area contributed by atoms with Crippen molar-refractivity contribution in [3.63, 3.8) is 0 Å². The molecule has 1 aliphatic rings. The minimum absolute atomic E-state index is 0.00974. The van der Waals surface area contributed by atoms with Crippen LogP contribution in [0.3, 0.4) is 0 Å². The Labute approximate surface area is 205 Å². The zero-order chi connectivity index (χ0) is 26.0. The quantitative estimate of drug-likeness (QED) is 0.136. The number of Topliss-reactive ketones (excluding diaryl/α,β-unsaturated/α-hetero) is 1. The number of aromatic nitrogens is 1. The molecule has 36 heavy (non-hydrogen) atoms. The number of non-ortho nitro benzene ring substituents is 1. The third kappa shape index (κ3) is 4.56. The van der Waals surface area contributed by atoms with Crippen LogP contribution in [0.2, 0.25) is 0 Å². The van der Waals surface area contributed by atoms with Gasteiger partial charge in [-0.3, -0.25) is 29.6 Å². The molecule has 1 fully saturated rings. The van der Waals surface area contributed by atoms with Crippen molar-refractivity contribution in [2.75, 3.05) is 4.90 Å². The van der Waals surface area contributed by atoms with E-state index in [1.54, 1.807) is 38.1 Å². The summed E-state index contributed by atoms with van der Waals surface area (Å²) >= 11 is 0. The van der Waals surface area contributed by atoms with Gasteiger partial charge in [-0.25, -0.2) is 4.79 Å². The fourth-order valence-electron chi connectivity index (χ4n) is 3.95. The molecule has 0 spiro atoms. The van der Waals surface area contributed by atoms with Gasteiger partial charge in [-0.1, -0.05) is 18.2 Å². The maximum Gasteiger partial charge on any atom is 0.338 e. The lowest BCUT2D eigenvalue weighted by atomic mass is 9.95. The van der Waals surface area contributed by atoms with Crippen molar-refractivity contribution >= 4 is 34.8 Å². The van der Waals surface area contributed by atoms with E-state index in [9.17, 15) is 29.6 Å². The van der Waals surface area contributed by atoms with E-state index in [0.717, 1.165) is 6.07 Å². The van der Waals surface area contributed by atoms with Crippen LogP contribution in [-0.4, -0.2) is 38.8 Å². The number of benzene rings is 2. The summed E-state index contributed by atoms with van der Waals surface area (Å²) in [5.74, 6) is -3.06. The van der Waals surface area contributed by atoms with Gasteiger partial charge in [0.2, 0.25) is 0 Å². The molecule has 2 heterocycles. The summed E-state index contributed by atoms with van der Waals surface area (Å²) in [5.41, 5.74) is 0.347. The molecule has 1 aliphatic heterocycles. The van der Waals surface area contributed by atoms with Crippen LogP contribution >= 0.6 is 0 Å². The van der Waals surface area contributed by atoms with Gasteiger partial charge < -0.3 is 9.84 Å². The number of nitro benzene ring substituents is 1. The Bertz CT molecular complexity index is 1400. The summed E-state index contributed by atoms with van der Waals surface area (Å²) in [6, 6.07) is 13.3. The lowest BCUT2D eigenvalue weighted by molar-refractivity contribution is -0.384. The Morgan fingerprint density at radius 2 is 1.72 bits per heavy atom. The van der Waals surface area contributed by atoms with Crippen LogP contribution in [0.4, 0.5) is 11.4 Å². The number of aliphatic hydroxyl groups is 1. The van der Waals surface area contributed by atoms with E-state index in [-0.39, 0.29) is 34.2 Å². The largest absolute Gasteiger partial charge is 0.507 e. The molecule has 2 aromatic carbocycles. The molecule has 0 aliphatic carbocycles. The van der Waals surface area contributed by atoms with Crippen LogP contribution in [0.15, 0.2) is 78.6 Å². The second kappa shape index (κ2) is 9.79. The first-order valence-electron chi connectivity index (χ1n) is 11.0. The summed E-state index contributed by atoms with van der Waals surface area (Å²) in [6.45, 7) is 3.41. The van der Waals surface area contributed by atoms with Gasteiger partial charge in [0, 0.05) is 35.8 Å². The number of hydrogen-bond acceptors (Lipinski definition) is 8. The molecule has 1 atom stereocenters. The molecule has 1 unspecified atom stereocenters. The number of nitro groups is 1. The van der Waals surface area contributed by atoms with Crippen molar-refractivity contribution < 1.29 is 29.2 Å². The second-order valence-electron chi connectivity index (χ2n) is 8.26. The highest BCUT2D eigenvalue weighted by Gasteiger charge is 2.47. The Balaban J connectivity index is 1.89. The standard InChI is InChI=1S/C26H21N3O7/c1-15(2)36-26(33)18-6-4-7-19(14-18)28-22(16-9-11-27-12-10-16)21(24(31)25(28)32)23(30)17-5-3-8-20(13-17)29(34)35/h3-15,22,30H,1-2H3/b23-21-. The number of pyridine rings is 1. The van der Waals surface area contributed by atoms with E-state index in [1.165, 1.54) is 47.6 Å². The van der Waals surface area contributed by atoms with E-state index < -0.39 is 34.4 Å². The van der Waals surface area contributed by atoms with Crippen molar-refractivity contribution in [1.82, 2.24) is 4.98 Å². The van der Waals surface area contributed by atoms with Crippen molar-refractivity contribution in [1.29, 1.82) is 0 Å².